The monoisotopic (exact) mass is 918 g/mol. The number of phenolic OH excluding ortho intramolecular Hbond substituents is 3. The molecule has 0 unspecified atom stereocenters. The van der Waals surface area contributed by atoms with Gasteiger partial charge in [0, 0.05) is 84.1 Å². The topological polar surface area (TPSA) is 135 Å². The third-order valence-electron chi connectivity index (χ3n) is 10.9. The van der Waals surface area contributed by atoms with Gasteiger partial charge in [-0.1, -0.05) is 86.3 Å². The van der Waals surface area contributed by atoms with Crippen LogP contribution in [0.2, 0.25) is 0 Å². The summed E-state index contributed by atoms with van der Waals surface area (Å²) >= 11 is 10.9. The third kappa shape index (κ3) is 9.48. The Morgan fingerprint density at radius 1 is 0.333 bits per heavy atom. The van der Waals surface area contributed by atoms with Crippen LogP contribution in [0.25, 0.3) is 0 Å². The minimum absolute atomic E-state index is 0.0617. The van der Waals surface area contributed by atoms with Gasteiger partial charge < -0.3 is 15.3 Å². The number of rotatable bonds is 0. The first-order valence-corrected chi connectivity index (χ1v) is 21.4. The fraction of sp³-hybridized carbons (Fsp3) is 0.429. The van der Waals surface area contributed by atoms with E-state index in [-0.39, 0.29) is 53.5 Å². The number of benzene rings is 3. The van der Waals surface area contributed by atoms with Crippen LogP contribution in [-0.4, -0.2) is 88.9 Å². The maximum absolute atomic E-state index is 11.4. The lowest BCUT2D eigenvalue weighted by Crippen LogP contribution is -2.27. The summed E-state index contributed by atoms with van der Waals surface area (Å²) < 4.78 is 2.45. The van der Waals surface area contributed by atoms with Gasteiger partial charge in [0.15, 0.2) is 0 Å². The molecule has 3 saturated carbocycles. The molecule has 9 nitrogen and oxygen atoms in total. The van der Waals surface area contributed by atoms with Crippen LogP contribution in [0.4, 0.5) is 0 Å². The lowest BCUT2D eigenvalue weighted by molar-refractivity contribution is 0.389. The summed E-state index contributed by atoms with van der Waals surface area (Å²) in [6.45, 7) is 0. The molecule has 4 aliphatic rings. The Bertz CT molecular complexity index is 1670. The van der Waals surface area contributed by atoms with E-state index in [0.29, 0.717) is 33.4 Å². The van der Waals surface area contributed by atoms with Gasteiger partial charge in [0.2, 0.25) is 0 Å². The van der Waals surface area contributed by atoms with Crippen molar-refractivity contribution >= 4 is 85.1 Å². The fourth-order valence-corrected chi connectivity index (χ4v) is 9.37. The highest BCUT2D eigenvalue weighted by molar-refractivity contribution is 9.11. The summed E-state index contributed by atoms with van der Waals surface area (Å²) in [5.74, 6) is 0.364. The first-order valence-electron chi connectivity index (χ1n) is 19.0. The predicted molar refractivity (Wildman–Crippen MR) is 231 cm³/mol. The average molecular weight is 922 g/mol. The van der Waals surface area contributed by atoms with E-state index < -0.39 is 0 Å². The van der Waals surface area contributed by atoms with E-state index in [9.17, 15) is 15.3 Å². The molecule has 54 heavy (non-hydrogen) atoms. The van der Waals surface area contributed by atoms with Crippen LogP contribution < -0.4 is 0 Å². The van der Waals surface area contributed by atoms with Gasteiger partial charge in [-0.3, -0.25) is 30.0 Å². The Balaban J connectivity index is 1.29. The average Bonchev–Trinajstić information content (AvgIpc) is 3.17. The summed E-state index contributed by atoms with van der Waals surface area (Å²) in [6, 6.07) is 10.8. The Morgan fingerprint density at radius 3 is 0.667 bits per heavy atom. The van der Waals surface area contributed by atoms with E-state index in [2.05, 4.69) is 47.8 Å². The molecular weight excluding hydrogens is 876 g/mol. The molecule has 0 amide bonds. The number of nitrogens with zero attached hydrogens (tertiary/aromatic N) is 6. The van der Waals surface area contributed by atoms with E-state index in [1.54, 1.807) is 37.3 Å². The Kier molecular flexibility index (Phi) is 12.9. The third-order valence-corrected chi connectivity index (χ3v) is 12.3. The van der Waals surface area contributed by atoms with Crippen molar-refractivity contribution in [1.82, 2.24) is 0 Å². The molecule has 1 aliphatic heterocycles. The molecule has 6 atom stereocenters. The summed E-state index contributed by atoms with van der Waals surface area (Å²) in [6.07, 6.45) is 22.2. The van der Waals surface area contributed by atoms with Crippen molar-refractivity contribution in [3.8, 4) is 17.2 Å². The SMILES string of the molecule is Oc1c2cc(Br)cc1C=N[C@@H]1CCCC[C@H]1N=Cc1cc(Br)cc(c1O)C=N[C@@H]1CCCC[C@H]1N=Cc1cc(Br)cc(c1O)C=N[C@@H]1CCCC[C@H]1N=C2. The second kappa shape index (κ2) is 18.0. The molecule has 6 bridgehead atoms. The van der Waals surface area contributed by atoms with Crippen LogP contribution in [-0.2, 0) is 0 Å². The minimum Gasteiger partial charge on any atom is -0.507 e. The quantitative estimate of drug-likeness (QED) is 0.207. The standard InChI is InChI=1S/C42H45Br3N6O3/c43-31-13-25-19-46-34-7-1-2-8-35(34)47-20-26-14-32(44)16-28(41(26)53)22-49-38-11-5-6-12-39(38)51-24-30-18-33(45)17-29(42(30)54)23-50-37-10-4-3-9-36(37)48-21-27(15-31)40(25)52/h13-24,34-39,52-54H,1-12H2/t34-,35-,36-,37-,38-,39-/m1/s1. The summed E-state index contributed by atoms with van der Waals surface area (Å²) in [7, 11) is 0. The van der Waals surface area contributed by atoms with Crippen molar-refractivity contribution in [1.29, 1.82) is 0 Å². The van der Waals surface area contributed by atoms with Gasteiger partial charge in [0.1, 0.15) is 17.2 Å². The molecule has 3 aliphatic carbocycles. The molecule has 0 aromatic heterocycles. The zero-order valence-electron chi connectivity index (χ0n) is 30.0. The summed E-state index contributed by atoms with van der Waals surface area (Å²) in [4.78, 5) is 29.8. The van der Waals surface area contributed by atoms with Crippen LogP contribution in [0.15, 0.2) is 79.8 Å². The van der Waals surface area contributed by atoms with Gasteiger partial charge in [-0.05, 0) is 74.9 Å². The van der Waals surface area contributed by atoms with Crippen LogP contribution in [0.3, 0.4) is 0 Å². The number of aromatic hydroxyl groups is 3. The molecule has 3 aromatic carbocycles. The fourth-order valence-electron chi connectivity index (χ4n) is 7.89. The number of fused-ring (bicyclic) bond motifs is 9. The zero-order chi connectivity index (χ0) is 37.6. The second-order valence-electron chi connectivity index (χ2n) is 14.7. The van der Waals surface area contributed by atoms with Gasteiger partial charge >= 0.3 is 0 Å². The number of phenols is 3. The van der Waals surface area contributed by atoms with Gasteiger partial charge in [0.25, 0.3) is 0 Å². The van der Waals surface area contributed by atoms with Gasteiger partial charge in [-0.15, -0.1) is 0 Å². The minimum atomic E-state index is -0.0617. The normalized spacial score (nSPS) is 26.1. The first kappa shape index (κ1) is 38.8. The van der Waals surface area contributed by atoms with Gasteiger partial charge in [0.05, 0.1) is 36.3 Å². The number of halogens is 3. The van der Waals surface area contributed by atoms with E-state index >= 15 is 0 Å². The first-order chi connectivity index (χ1) is 26.2. The van der Waals surface area contributed by atoms with Crippen LogP contribution in [0.1, 0.15) is 110 Å². The van der Waals surface area contributed by atoms with Gasteiger partial charge in [-0.2, -0.15) is 0 Å². The van der Waals surface area contributed by atoms with Crippen molar-refractivity contribution in [3.63, 3.8) is 0 Å². The maximum atomic E-state index is 11.4. The number of hydrogen-bond acceptors (Lipinski definition) is 9. The highest BCUT2D eigenvalue weighted by Gasteiger charge is 2.26. The lowest BCUT2D eigenvalue weighted by atomic mass is 9.91. The zero-order valence-corrected chi connectivity index (χ0v) is 34.8. The van der Waals surface area contributed by atoms with Crippen molar-refractivity contribution in [3.05, 3.63) is 83.2 Å². The smallest absolute Gasteiger partial charge is 0.133 e. The molecule has 0 radical (unpaired) electrons. The van der Waals surface area contributed by atoms with E-state index in [0.717, 1.165) is 90.5 Å². The molecule has 0 saturated heterocycles. The molecule has 3 N–H and O–H groups in total. The maximum Gasteiger partial charge on any atom is 0.133 e. The summed E-state index contributed by atoms with van der Waals surface area (Å²) in [5.41, 5.74) is 3.63. The molecular formula is C42H45Br3N6O3. The molecule has 1 heterocycles. The van der Waals surface area contributed by atoms with Crippen molar-refractivity contribution in [2.24, 2.45) is 30.0 Å². The van der Waals surface area contributed by atoms with Gasteiger partial charge in [-0.25, -0.2) is 0 Å². The second-order valence-corrected chi connectivity index (χ2v) is 17.5. The highest BCUT2D eigenvalue weighted by atomic mass is 79.9. The van der Waals surface area contributed by atoms with E-state index in [4.69, 9.17) is 30.0 Å². The van der Waals surface area contributed by atoms with Crippen LogP contribution in [0.5, 0.6) is 17.2 Å². The highest BCUT2D eigenvalue weighted by Crippen LogP contribution is 2.32. The molecule has 3 aromatic rings. The molecule has 7 rings (SSSR count). The predicted octanol–water partition coefficient (Wildman–Crippen LogP) is 9.95. The number of aliphatic imine (C=N–C) groups is 6. The Morgan fingerprint density at radius 2 is 0.500 bits per heavy atom. The Labute approximate surface area is 342 Å². The van der Waals surface area contributed by atoms with E-state index in [1.807, 2.05) is 36.4 Å². The largest absolute Gasteiger partial charge is 0.507 e. The van der Waals surface area contributed by atoms with Crippen LogP contribution in [0, 0.1) is 0 Å². The molecule has 0 spiro atoms. The molecule has 12 heteroatoms. The summed E-state index contributed by atoms with van der Waals surface area (Å²) in [5, 5.41) is 34.2. The molecule has 3 fully saturated rings. The van der Waals surface area contributed by atoms with Crippen molar-refractivity contribution in [2.75, 3.05) is 0 Å². The van der Waals surface area contributed by atoms with Crippen LogP contribution >= 0.6 is 47.8 Å². The van der Waals surface area contributed by atoms with E-state index in [1.165, 1.54) is 0 Å². The Hall–Kier alpha value is -3.48. The lowest BCUT2D eigenvalue weighted by Gasteiger charge is -2.26. The number of hydrogen-bond donors (Lipinski definition) is 3. The molecule has 282 valence electrons. The van der Waals surface area contributed by atoms with Crippen molar-refractivity contribution < 1.29 is 15.3 Å². The van der Waals surface area contributed by atoms with Crippen molar-refractivity contribution in [2.45, 2.75) is 113 Å².